The predicted octanol–water partition coefficient (Wildman–Crippen LogP) is 6.75. The smallest absolute Gasteiger partial charge is 0.491 e. The minimum absolute atomic E-state index is 0.0538. The molecule has 0 radical (unpaired) electrons. The summed E-state index contributed by atoms with van der Waals surface area (Å²) in [4.78, 5) is 15.2. The molecule has 9 heteroatoms. The third-order valence-corrected chi connectivity index (χ3v) is 6.41. The molecule has 1 heterocycles. The van der Waals surface area contributed by atoms with Gasteiger partial charge in [0, 0.05) is 24.7 Å². The first-order valence-corrected chi connectivity index (χ1v) is 13.4. The molecule has 1 aliphatic rings. The van der Waals surface area contributed by atoms with E-state index in [1.165, 1.54) is 12.1 Å². The molecule has 0 aliphatic carbocycles. The SMILES string of the molecule is CC(C)Oc1ccc(C(c2ccc(OC(C)C)cc2)N2CCC(NC(=O)c3ccc(OC(F)(F)F)cc3)C2)cc1. The van der Waals surface area contributed by atoms with Crippen molar-refractivity contribution in [3.63, 3.8) is 0 Å². The highest BCUT2D eigenvalue weighted by atomic mass is 19.4. The molecule has 1 aliphatic heterocycles. The number of benzene rings is 3. The molecule has 3 aromatic carbocycles. The van der Waals surface area contributed by atoms with Crippen molar-refractivity contribution in [2.24, 2.45) is 0 Å². The van der Waals surface area contributed by atoms with Crippen molar-refractivity contribution in [2.75, 3.05) is 13.1 Å². The summed E-state index contributed by atoms with van der Waals surface area (Å²) in [6.07, 6.45) is -3.89. The standard InChI is InChI=1S/C31H35F3N2O4/c1-20(2)38-26-11-5-22(6-12-26)29(23-7-13-27(14-8-23)39-21(3)4)36-18-17-25(19-36)35-30(37)24-9-15-28(16-10-24)40-31(32,33)34/h5-16,20-21,25,29H,17-19H2,1-4H3,(H,35,37). The fraction of sp³-hybridized carbons (Fsp3) is 0.387. The maximum absolute atomic E-state index is 12.8. The van der Waals surface area contributed by atoms with Gasteiger partial charge in [0.05, 0.1) is 18.2 Å². The summed E-state index contributed by atoms with van der Waals surface area (Å²) in [6.45, 7) is 9.31. The molecule has 4 rings (SSSR count). The molecule has 1 fully saturated rings. The Bertz CT molecular complexity index is 1190. The summed E-state index contributed by atoms with van der Waals surface area (Å²) in [5, 5.41) is 3.03. The van der Waals surface area contributed by atoms with E-state index in [4.69, 9.17) is 9.47 Å². The van der Waals surface area contributed by atoms with Gasteiger partial charge in [0.15, 0.2) is 0 Å². The molecule has 1 atom stereocenters. The van der Waals surface area contributed by atoms with E-state index >= 15 is 0 Å². The van der Waals surface area contributed by atoms with Crippen LogP contribution in [0.1, 0.15) is 61.6 Å². The zero-order chi connectivity index (χ0) is 28.9. The van der Waals surface area contributed by atoms with Crippen LogP contribution in [0.5, 0.6) is 17.2 Å². The number of alkyl halides is 3. The van der Waals surface area contributed by atoms with Crippen LogP contribution in [0.15, 0.2) is 72.8 Å². The lowest BCUT2D eigenvalue weighted by Gasteiger charge is -2.29. The average Bonchev–Trinajstić information content (AvgIpc) is 3.33. The van der Waals surface area contributed by atoms with Gasteiger partial charge in [-0.15, -0.1) is 13.2 Å². The summed E-state index contributed by atoms with van der Waals surface area (Å²) in [5.41, 5.74) is 2.47. The summed E-state index contributed by atoms with van der Waals surface area (Å²) >= 11 is 0. The van der Waals surface area contributed by atoms with E-state index in [-0.39, 0.29) is 41.5 Å². The van der Waals surface area contributed by atoms with Crippen LogP contribution in [0, 0.1) is 0 Å². The lowest BCUT2D eigenvalue weighted by Crippen LogP contribution is -2.38. The van der Waals surface area contributed by atoms with Gasteiger partial charge in [-0.2, -0.15) is 0 Å². The normalized spacial score (nSPS) is 16.0. The monoisotopic (exact) mass is 556 g/mol. The largest absolute Gasteiger partial charge is 0.573 e. The predicted molar refractivity (Wildman–Crippen MR) is 147 cm³/mol. The highest BCUT2D eigenvalue weighted by Crippen LogP contribution is 2.34. The van der Waals surface area contributed by atoms with Gasteiger partial charge in [0.25, 0.3) is 5.91 Å². The zero-order valence-corrected chi connectivity index (χ0v) is 23.1. The minimum Gasteiger partial charge on any atom is -0.491 e. The number of halogens is 3. The minimum atomic E-state index is -4.78. The molecule has 0 saturated carbocycles. The molecule has 0 bridgehead atoms. The number of likely N-dealkylation sites (tertiary alicyclic amines) is 1. The Balaban J connectivity index is 1.48. The van der Waals surface area contributed by atoms with Gasteiger partial charge < -0.3 is 19.5 Å². The highest BCUT2D eigenvalue weighted by molar-refractivity contribution is 5.94. The van der Waals surface area contributed by atoms with Crippen LogP contribution in [0.2, 0.25) is 0 Å². The van der Waals surface area contributed by atoms with Crippen molar-refractivity contribution in [2.45, 2.75) is 64.8 Å². The number of ether oxygens (including phenoxy) is 3. The maximum Gasteiger partial charge on any atom is 0.573 e. The molecule has 0 aromatic heterocycles. The van der Waals surface area contributed by atoms with E-state index in [1.807, 2.05) is 52.0 Å². The van der Waals surface area contributed by atoms with Crippen molar-refractivity contribution in [3.8, 4) is 17.2 Å². The van der Waals surface area contributed by atoms with Crippen LogP contribution in [-0.2, 0) is 0 Å². The van der Waals surface area contributed by atoms with E-state index in [9.17, 15) is 18.0 Å². The van der Waals surface area contributed by atoms with Crippen LogP contribution >= 0.6 is 0 Å². The number of nitrogens with zero attached hydrogens (tertiary/aromatic N) is 1. The third kappa shape index (κ3) is 8.14. The first-order chi connectivity index (χ1) is 19.0. The summed E-state index contributed by atoms with van der Waals surface area (Å²) < 4.78 is 52.9. The summed E-state index contributed by atoms with van der Waals surface area (Å²) in [5.74, 6) is 0.897. The third-order valence-electron chi connectivity index (χ3n) is 6.41. The Morgan fingerprint density at radius 3 is 1.73 bits per heavy atom. The Morgan fingerprint density at radius 1 is 0.800 bits per heavy atom. The molecule has 1 N–H and O–H groups in total. The van der Waals surface area contributed by atoms with Crippen LogP contribution in [-0.4, -0.2) is 48.5 Å². The number of hydrogen-bond acceptors (Lipinski definition) is 5. The maximum atomic E-state index is 12.8. The number of rotatable bonds is 10. The van der Waals surface area contributed by atoms with Gasteiger partial charge in [-0.3, -0.25) is 9.69 Å². The number of amides is 1. The van der Waals surface area contributed by atoms with Gasteiger partial charge in [0.1, 0.15) is 17.2 Å². The van der Waals surface area contributed by atoms with Crippen molar-refractivity contribution >= 4 is 5.91 Å². The molecule has 1 unspecified atom stereocenters. The van der Waals surface area contributed by atoms with Gasteiger partial charge in [-0.25, -0.2) is 0 Å². The van der Waals surface area contributed by atoms with E-state index in [2.05, 4.69) is 39.2 Å². The highest BCUT2D eigenvalue weighted by Gasteiger charge is 2.32. The van der Waals surface area contributed by atoms with E-state index < -0.39 is 6.36 Å². The van der Waals surface area contributed by atoms with Crippen LogP contribution < -0.4 is 19.5 Å². The summed E-state index contributed by atoms with van der Waals surface area (Å²) in [7, 11) is 0. The number of hydrogen-bond donors (Lipinski definition) is 1. The molecule has 214 valence electrons. The molecule has 6 nitrogen and oxygen atoms in total. The lowest BCUT2D eigenvalue weighted by atomic mass is 9.97. The van der Waals surface area contributed by atoms with E-state index in [0.717, 1.165) is 47.7 Å². The fourth-order valence-electron chi connectivity index (χ4n) is 4.83. The van der Waals surface area contributed by atoms with Crippen molar-refractivity contribution in [3.05, 3.63) is 89.5 Å². The summed E-state index contributed by atoms with van der Waals surface area (Å²) in [6, 6.07) is 20.9. The van der Waals surface area contributed by atoms with E-state index in [1.54, 1.807) is 0 Å². The Labute approximate surface area is 233 Å². The Kier molecular flexibility index (Phi) is 9.25. The average molecular weight is 557 g/mol. The fourth-order valence-corrected chi connectivity index (χ4v) is 4.83. The topological polar surface area (TPSA) is 60.0 Å². The first kappa shape index (κ1) is 29.3. The molecular weight excluding hydrogens is 521 g/mol. The molecule has 40 heavy (non-hydrogen) atoms. The van der Waals surface area contributed by atoms with Crippen LogP contribution in [0.25, 0.3) is 0 Å². The molecular formula is C31H35F3N2O4. The van der Waals surface area contributed by atoms with Crippen LogP contribution in [0.3, 0.4) is 0 Å². The van der Waals surface area contributed by atoms with Gasteiger partial charge in [0.2, 0.25) is 0 Å². The first-order valence-electron chi connectivity index (χ1n) is 13.4. The molecule has 3 aromatic rings. The van der Waals surface area contributed by atoms with Crippen molar-refractivity contribution in [1.82, 2.24) is 10.2 Å². The second kappa shape index (κ2) is 12.6. The van der Waals surface area contributed by atoms with Crippen molar-refractivity contribution in [1.29, 1.82) is 0 Å². The van der Waals surface area contributed by atoms with Gasteiger partial charge in [-0.05, 0) is 93.8 Å². The zero-order valence-electron chi connectivity index (χ0n) is 23.1. The van der Waals surface area contributed by atoms with Crippen molar-refractivity contribution < 1.29 is 32.2 Å². The Hall–Kier alpha value is -3.72. The number of carbonyl (C=O) groups is 1. The second-order valence-corrected chi connectivity index (χ2v) is 10.4. The van der Waals surface area contributed by atoms with Gasteiger partial charge in [-0.1, -0.05) is 24.3 Å². The number of nitrogens with one attached hydrogen (secondary N) is 1. The van der Waals surface area contributed by atoms with Crippen LogP contribution in [0.4, 0.5) is 13.2 Å². The molecule has 1 amide bonds. The molecule has 1 saturated heterocycles. The quantitative estimate of drug-likeness (QED) is 0.299. The second-order valence-electron chi connectivity index (χ2n) is 10.4. The van der Waals surface area contributed by atoms with Gasteiger partial charge >= 0.3 is 6.36 Å². The Morgan fingerprint density at radius 2 is 1.27 bits per heavy atom. The molecule has 0 spiro atoms. The van der Waals surface area contributed by atoms with E-state index in [0.29, 0.717) is 6.54 Å². The lowest BCUT2D eigenvalue weighted by molar-refractivity contribution is -0.274. The number of carbonyl (C=O) groups excluding carboxylic acids is 1.